The number of aliphatic hydroxyl groups is 1. The molecular weight excluding hydrogens is 258 g/mol. The van der Waals surface area contributed by atoms with Crippen LogP contribution in [-0.2, 0) is 6.42 Å². The molecule has 0 amide bonds. The Morgan fingerprint density at radius 1 is 1.40 bits per heavy atom. The zero-order chi connectivity index (χ0) is 14.6. The summed E-state index contributed by atoms with van der Waals surface area (Å²) in [5.41, 5.74) is 5.18. The third-order valence-electron chi connectivity index (χ3n) is 2.87. The minimum atomic E-state index is -1.05. The van der Waals surface area contributed by atoms with Crippen LogP contribution in [0.2, 0.25) is 0 Å². The van der Waals surface area contributed by atoms with E-state index in [1.807, 2.05) is 31.2 Å². The van der Waals surface area contributed by atoms with Gasteiger partial charge in [-0.3, -0.25) is 0 Å². The standard InChI is InChI=1S/C14H19N3O3/c1-3-19-11-7-5-4-6-10(11)13-16-12(20-17-13)8-14(2,18)9-15/h4-7,18H,3,8-9,15H2,1-2H3. The van der Waals surface area contributed by atoms with Gasteiger partial charge in [0, 0.05) is 6.54 Å². The lowest BCUT2D eigenvalue weighted by Gasteiger charge is -2.17. The molecule has 0 bridgehead atoms. The number of rotatable bonds is 6. The molecule has 0 spiro atoms. The van der Waals surface area contributed by atoms with Crippen molar-refractivity contribution >= 4 is 0 Å². The molecule has 2 rings (SSSR count). The quantitative estimate of drug-likeness (QED) is 0.828. The minimum absolute atomic E-state index is 0.125. The molecule has 0 saturated heterocycles. The van der Waals surface area contributed by atoms with Crippen molar-refractivity contribution in [2.24, 2.45) is 5.73 Å². The van der Waals surface area contributed by atoms with Gasteiger partial charge in [0.1, 0.15) is 5.75 Å². The van der Waals surface area contributed by atoms with Gasteiger partial charge in [-0.05, 0) is 26.0 Å². The van der Waals surface area contributed by atoms with Gasteiger partial charge in [0.15, 0.2) is 0 Å². The molecule has 6 heteroatoms. The first kappa shape index (κ1) is 14.5. The maximum absolute atomic E-state index is 9.92. The predicted octanol–water partition coefficient (Wildman–Crippen LogP) is 1.39. The zero-order valence-corrected chi connectivity index (χ0v) is 11.7. The van der Waals surface area contributed by atoms with E-state index in [-0.39, 0.29) is 13.0 Å². The molecule has 0 saturated carbocycles. The summed E-state index contributed by atoms with van der Waals surface area (Å²) in [6, 6.07) is 7.48. The Kier molecular flexibility index (Phi) is 4.36. The molecular formula is C14H19N3O3. The Bertz CT molecular complexity index is 566. The molecule has 0 aliphatic heterocycles. The van der Waals surface area contributed by atoms with Crippen molar-refractivity contribution < 1.29 is 14.4 Å². The van der Waals surface area contributed by atoms with E-state index in [2.05, 4.69) is 10.1 Å². The number of nitrogens with two attached hydrogens (primary N) is 1. The van der Waals surface area contributed by atoms with Crippen molar-refractivity contribution in [3.63, 3.8) is 0 Å². The van der Waals surface area contributed by atoms with Crippen molar-refractivity contribution in [1.82, 2.24) is 10.1 Å². The van der Waals surface area contributed by atoms with Gasteiger partial charge < -0.3 is 20.1 Å². The first-order valence-corrected chi connectivity index (χ1v) is 6.53. The SMILES string of the molecule is CCOc1ccccc1-c1noc(CC(C)(O)CN)n1. The highest BCUT2D eigenvalue weighted by atomic mass is 16.5. The molecule has 1 aromatic carbocycles. The largest absolute Gasteiger partial charge is 0.493 e. The van der Waals surface area contributed by atoms with E-state index >= 15 is 0 Å². The fourth-order valence-corrected chi connectivity index (χ4v) is 1.77. The highest BCUT2D eigenvalue weighted by Crippen LogP contribution is 2.27. The van der Waals surface area contributed by atoms with Crippen molar-refractivity contribution in [3.8, 4) is 17.1 Å². The number of nitrogens with zero attached hydrogens (tertiary/aromatic N) is 2. The van der Waals surface area contributed by atoms with E-state index in [9.17, 15) is 5.11 Å². The smallest absolute Gasteiger partial charge is 0.229 e. The van der Waals surface area contributed by atoms with Gasteiger partial charge in [0.2, 0.25) is 11.7 Å². The molecule has 6 nitrogen and oxygen atoms in total. The third-order valence-corrected chi connectivity index (χ3v) is 2.87. The fraction of sp³-hybridized carbons (Fsp3) is 0.429. The molecule has 0 aliphatic rings. The van der Waals surface area contributed by atoms with E-state index in [4.69, 9.17) is 15.0 Å². The van der Waals surface area contributed by atoms with Crippen LogP contribution in [0, 0.1) is 0 Å². The molecule has 2 aromatic rings. The molecule has 3 N–H and O–H groups in total. The van der Waals surface area contributed by atoms with Gasteiger partial charge in [-0.1, -0.05) is 17.3 Å². The van der Waals surface area contributed by atoms with Crippen molar-refractivity contribution in [2.45, 2.75) is 25.9 Å². The molecule has 1 atom stereocenters. The zero-order valence-electron chi connectivity index (χ0n) is 11.7. The highest BCUT2D eigenvalue weighted by Gasteiger charge is 2.23. The van der Waals surface area contributed by atoms with E-state index in [0.717, 1.165) is 5.56 Å². The summed E-state index contributed by atoms with van der Waals surface area (Å²) in [6.07, 6.45) is 0.216. The monoisotopic (exact) mass is 277 g/mol. The molecule has 0 radical (unpaired) electrons. The van der Waals surface area contributed by atoms with Crippen LogP contribution in [0.15, 0.2) is 28.8 Å². The average molecular weight is 277 g/mol. The molecule has 0 fully saturated rings. The lowest BCUT2D eigenvalue weighted by molar-refractivity contribution is 0.0610. The Hall–Kier alpha value is -1.92. The Morgan fingerprint density at radius 2 is 2.15 bits per heavy atom. The second-order valence-electron chi connectivity index (χ2n) is 4.82. The number of para-hydroxylation sites is 1. The average Bonchev–Trinajstić information content (AvgIpc) is 2.87. The second-order valence-corrected chi connectivity index (χ2v) is 4.82. The fourth-order valence-electron chi connectivity index (χ4n) is 1.77. The molecule has 0 aliphatic carbocycles. The summed E-state index contributed by atoms with van der Waals surface area (Å²) >= 11 is 0. The van der Waals surface area contributed by atoms with Crippen LogP contribution in [0.4, 0.5) is 0 Å². The van der Waals surface area contributed by atoms with Crippen LogP contribution >= 0.6 is 0 Å². The van der Waals surface area contributed by atoms with Crippen molar-refractivity contribution in [1.29, 1.82) is 0 Å². The Labute approximate surface area is 117 Å². The first-order chi connectivity index (χ1) is 9.55. The molecule has 1 aromatic heterocycles. The van der Waals surface area contributed by atoms with Gasteiger partial charge in [-0.25, -0.2) is 0 Å². The van der Waals surface area contributed by atoms with Crippen molar-refractivity contribution in [2.75, 3.05) is 13.2 Å². The summed E-state index contributed by atoms with van der Waals surface area (Å²) in [5, 5.41) is 13.8. The maximum atomic E-state index is 9.92. The summed E-state index contributed by atoms with van der Waals surface area (Å²) < 4.78 is 10.7. The third kappa shape index (κ3) is 3.34. The topological polar surface area (TPSA) is 94.4 Å². The molecule has 1 unspecified atom stereocenters. The van der Waals surface area contributed by atoms with Crippen LogP contribution in [0.25, 0.3) is 11.4 Å². The highest BCUT2D eigenvalue weighted by molar-refractivity contribution is 5.63. The molecule has 108 valence electrons. The van der Waals surface area contributed by atoms with Gasteiger partial charge >= 0.3 is 0 Å². The summed E-state index contributed by atoms with van der Waals surface area (Å²) in [6.45, 7) is 4.23. The van der Waals surface area contributed by atoms with Gasteiger partial charge in [-0.15, -0.1) is 0 Å². The summed E-state index contributed by atoms with van der Waals surface area (Å²) in [7, 11) is 0. The van der Waals surface area contributed by atoms with Crippen molar-refractivity contribution in [3.05, 3.63) is 30.2 Å². The number of benzene rings is 1. The van der Waals surface area contributed by atoms with E-state index < -0.39 is 5.60 Å². The van der Waals surface area contributed by atoms with E-state index in [1.54, 1.807) is 6.92 Å². The molecule has 20 heavy (non-hydrogen) atoms. The Morgan fingerprint density at radius 3 is 2.85 bits per heavy atom. The minimum Gasteiger partial charge on any atom is -0.493 e. The maximum Gasteiger partial charge on any atom is 0.229 e. The van der Waals surface area contributed by atoms with Gasteiger partial charge in [0.05, 0.1) is 24.2 Å². The number of hydrogen-bond donors (Lipinski definition) is 2. The lowest BCUT2D eigenvalue weighted by Crippen LogP contribution is -2.36. The normalized spacial score (nSPS) is 14.0. The van der Waals surface area contributed by atoms with Crippen LogP contribution < -0.4 is 10.5 Å². The van der Waals surface area contributed by atoms with Crippen LogP contribution in [0.1, 0.15) is 19.7 Å². The lowest BCUT2D eigenvalue weighted by atomic mass is 10.0. The van der Waals surface area contributed by atoms with E-state index in [1.165, 1.54) is 0 Å². The first-order valence-electron chi connectivity index (χ1n) is 6.53. The van der Waals surface area contributed by atoms with Gasteiger partial charge in [0.25, 0.3) is 0 Å². The summed E-state index contributed by atoms with van der Waals surface area (Å²) in [4.78, 5) is 4.28. The van der Waals surface area contributed by atoms with Crippen LogP contribution in [0.5, 0.6) is 5.75 Å². The van der Waals surface area contributed by atoms with E-state index in [0.29, 0.717) is 24.1 Å². The number of hydrogen-bond acceptors (Lipinski definition) is 6. The van der Waals surface area contributed by atoms with Crippen LogP contribution in [-0.4, -0.2) is 34.0 Å². The Balaban J connectivity index is 2.25. The molecule has 1 heterocycles. The van der Waals surface area contributed by atoms with Crippen LogP contribution in [0.3, 0.4) is 0 Å². The number of aromatic nitrogens is 2. The summed E-state index contributed by atoms with van der Waals surface area (Å²) in [5.74, 6) is 1.49. The number of ether oxygens (including phenoxy) is 1. The van der Waals surface area contributed by atoms with Gasteiger partial charge in [-0.2, -0.15) is 4.98 Å². The predicted molar refractivity (Wildman–Crippen MR) is 74.3 cm³/mol. The second kappa shape index (κ2) is 6.02.